The predicted molar refractivity (Wildman–Crippen MR) is 97.7 cm³/mol. The molecule has 2 aromatic carbocycles. The summed E-state index contributed by atoms with van der Waals surface area (Å²) >= 11 is 1.43. The van der Waals surface area contributed by atoms with Gasteiger partial charge in [0.15, 0.2) is 5.82 Å². The van der Waals surface area contributed by atoms with Crippen LogP contribution in [0.2, 0.25) is 0 Å². The summed E-state index contributed by atoms with van der Waals surface area (Å²) in [6, 6.07) is 17.4. The van der Waals surface area contributed by atoms with Gasteiger partial charge in [-0.15, -0.1) is 5.10 Å². The number of aromatic amines is 1. The van der Waals surface area contributed by atoms with Gasteiger partial charge in [0.2, 0.25) is 16.9 Å². The highest BCUT2D eigenvalue weighted by Gasteiger charge is 2.12. The van der Waals surface area contributed by atoms with Crippen LogP contribution in [0, 0.1) is 0 Å². The fourth-order valence-electron chi connectivity index (χ4n) is 2.36. The van der Waals surface area contributed by atoms with Gasteiger partial charge in [0.25, 0.3) is 0 Å². The van der Waals surface area contributed by atoms with Crippen LogP contribution < -0.4 is 4.74 Å². The molecule has 0 unspecified atom stereocenters. The zero-order chi connectivity index (χ0) is 17.8. The molecular formula is C18H15N5O2S. The lowest BCUT2D eigenvalue weighted by Crippen LogP contribution is -1.86. The lowest BCUT2D eigenvalue weighted by atomic mass is 10.2. The minimum absolute atomic E-state index is 0.489. The molecule has 0 aliphatic carbocycles. The number of nitrogens with one attached hydrogen (secondary N) is 1. The molecule has 0 bridgehead atoms. The third-order valence-corrected chi connectivity index (χ3v) is 4.46. The number of rotatable bonds is 6. The summed E-state index contributed by atoms with van der Waals surface area (Å²) in [4.78, 5) is 8.89. The van der Waals surface area contributed by atoms with E-state index in [2.05, 4.69) is 25.3 Å². The normalized spacial score (nSPS) is 10.8. The first-order chi connectivity index (χ1) is 12.8. The van der Waals surface area contributed by atoms with Crippen molar-refractivity contribution in [1.29, 1.82) is 0 Å². The highest BCUT2D eigenvalue weighted by Crippen LogP contribution is 2.24. The molecule has 4 rings (SSSR count). The van der Waals surface area contributed by atoms with E-state index in [0.717, 1.165) is 22.7 Å². The minimum Gasteiger partial charge on any atom is -0.497 e. The van der Waals surface area contributed by atoms with E-state index < -0.39 is 0 Å². The Hall–Kier alpha value is -3.13. The van der Waals surface area contributed by atoms with Crippen LogP contribution in [0.25, 0.3) is 22.8 Å². The van der Waals surface area contributed by atoms with Gasteiger partial charge in [0.05, 0.1) is 12.9 Å². The van der Waals surface area contributed by atoms with Gasteiger partial charge >= 0.3 is 0 Å². The van der Waals surface area contributed by atoms with E-state index in [1.54, 1.807) is 7.11 Å². The van der Waals surface area contributed by atoms with Crippen molar-refractivity contribution in [3.8, 4) is 28.5 Å². The van der Waals surface area contributed by atoms with Crippen molar-refractivity contribution in [2.24, 2.45) is 0 Å². The SMILES string of the molecule is COc1cccc(-c2noc(CSc3n[nH]c(-c4ccccc4)n3)n2)c1. The Morgan fingerprint density at radius 1 is 1.04 bits per heavy atom. The van der Waals surface area contributed by atoms with E-state index in [4.69, 9.17) is 9.26 Å². The lowest BCUT2D eigenvalue weighted by molar-refractivity contribution is 0.391. The molecule has 0 saturated carbocycles. The summed E-state index contributed by atoms with van der Waals surface area (Å²) in [7, 11) is 1.62. The second-order valence-corrected chi connectivity index (χ2v) is 6.31. The van der Waals surface area contributed by atoms with Gasteiger partial charge in [0.1, 0.15) is 5.75 Å². The maximum atomic E-state index is 5.32. The second-order valence-electron chi connectivity index (χ2n) is 5.36. The summed E-state index contributed by atoms with van der Waals surface area (Å²) in [5.74, 6) is 3.01. The Morgan fingerprint density at radius 3 is 2.73 bits per heavy atom. The van der Waals surface area contributed by atoms with Crippen molar-refractivity contribution in [3.05, 3.63) is 60.5 Å². The van der Waals surface area contributed by atoms with E-state index in [1.807, 2.05) is 54.6 Å². The number of thioether (sulfide) groups is 1. The maximum absolute atomic E-state index is 5.32. The monoisotopic (exact) mass is 365 g/mol. The quantitative estimate of drug-likeness (QED) is 0.519. The average molecular weight is 365 g/mol. The molecule has 130 valence electrons. The highest BCUT2D eigenvalue weighted by atomic mass is 32.2. The van der Waals surface area contributed by atoms with Crippen LogP contribution in [-0.2, 0) is 5.75 Å². The van der Waals surface area contributed by atoms with Crippen molar-refractivity contribution in [1.82, 2.24) is 25.3 Å². The summed E-state index contributed by atoms with van der Waals surface area (Å²) in [6.45, 7) is 0. The van der Waals surface area contributed by atoms with Gasteiger partial charge in [-0.2, -0.15) is 4.98 Å². The summed E-state index contributed by atoms with van der Waals surface area (Å²) in [5.41, 5.74) is 1.83. The number of methoxy groups -OCH3 is 1. The third kappa shape index (κ3) is 3.60. The number of nitrogens with zero attached hydrogens (tertiary/aromatic N) is 4. The first kappa shape index (κ1) is 16.3. The first-order valence-corrected chi connectivity index (χ1v) is 8.88. The highest BCUT2D eigenvalue weighted by molar-refractivity contribution is 7.98. The summed E-state index contributed by atoms with van der Waals surface area (Å²) < 4.78 is 10.5. The number of ether oxygens (including phenoxy) is 1. The molecule has 0 fully saturated rings. The Kier molecular flexibility index (Phi) is 4.65. The van der Waals surface area contributed by atoms with E-state index in [1.165, 1.54) is 11.8 Å². The molecule has 0 atom stereocenters. The Bertz CT molecular complexity index is 1000. The zero-order valence-electron chi connectivity index (χ0n) is 13.9. The fraction of sp³-hybridized carbons (Fsp3) is 0.111. The molecule has 0 radical (unpaired) electrons. The molecule has 1 N–H and O–H groups in total. The topological polar surface area (TPSA) is 89.7 Å². The molecule has 2 heterocycles. The van der Waals surface area contributed by atoms with Crippen molar-refractivity contribution in [2.45, 2.75) is 10.9 Å². The van der Waals surface area contributed by atoms with Gasteiger partial charge in [-0.05, 0) is 12.1 Å². The van der Waals surface area contributed by atoms with Crippen LogP contribution in [0.1, 0.15) is 5.89 Å². The molecule has 0 saturated heterocycles. The molecule has 0 amide bonds. The average Bonchev–Trinajstić information content (AvgIpc) is 3.37. The summed E-state index contributed by atoms with van der Waals surface area (Å²) in [5, 5.41) is 11.8. The predicted octanol–water partition coefficient (Wildman–Crippen LogP) is 3.82. The van der Waals surface area contributed by atoms with Crippen LogP contribution in [0.3, 0.4) is 0 Å². The Morgan fingerprint density at radius 2 is 1.88 bits per heavy atom. The van der Waals surface area contributed by atoms with E-state index in [-0.39, 0.29) is 0 Å². The lowest BCUT2D eigenvalue weighted by Gasteiger charge is -1.99. The molecule has 4 aromatic rings. The molecule has 7 nitrogen and oxygen atoms in total. The minimum atomic E-state index is 0.489. The van der Waals surface area contributed by atoms with Gasteiger partial charge in [0, 0.05) is 11.1 Å². The summed E-state index contributed by atoms with van der Waals surface area (Å²) in [6.07, 6.45) is 0. The first-order valence-electron chi connectivity index (χ1n) is 7.89. The van der Waals surface area contributed by atoms with Gasteiger partial charge in [-0.1, -0.05) is 59.4 Å². The van der Waals surface area contributed by atoms with Crippen LogP contribution in [0.5, 0.6) is 5.75 Å². The van der Waals surface area contributed by atoms with Crippen LogP contribution in [0.15, 0.2) is 64.3 Å². The number of benzene rings is 2. The molecular weight excluding hydrogens is 350 g/mol. The van der Waals surface area contributed by atoms with E-state index >= 15 is 0 Å². The fourth-order valence-corrected chi connectivity index (χ4v) is 2.99. The smallest absolute Gasteiger partial charge is 0.237 e. The van der Waals surface area contributed by atoms with Crippen LogP contribution in [-0.4, -0.2) is 32.4 Å². The second kappa shape index (κ2) is 7.40. The largest absolute Gasteiger partial charge is 0.497 e. The Labute approximate surface area is 153 Å². The molecule has 0 spiro atoms. The molecule has 26 heavy (non-hydrogen) atoms. The van der Waals surface area contributed by atoms with Crippen molar-refractivity contribution in [3.63, 3.8) is 0 Å². The molecule has 2 aromatic heterocycles. The molecule has 0 aliphatic heterocycles. The van der Waals surface area contributed by atoms with Crippen molar-refractivity contribution in [2.75, 3.05) is 7.11 Å². The standard InChI is InChI=1S/C18H15N5O2S/c1-24-14-9-5-8-13(10-14)17-19-15(25-23-17)11-26-18-20-16(21-22-18)12-6-3-2-4-7-12/h2-10H,11H2,1H3,(H,20,21,22). The van der Waals surface area contributed by atoms with Crippen LogP contribution in [0.4, 0.5) is 0 Å². The van der Waals surface area contributed by atoms with Crippen LogP contribution >= 0.6 is 11.8 Å². The van der Waals surface area contributed by atoms with Gasteiger partial charge < -0.3 is 9.26 Å². The number of hydrogen-bond donors (Lipinski definition) is 1. The number of H-pyrrole nitrogens is 1. The molecule has 0 aliphatic rings. The maximum Gasteiger partial charge on any atom is 0.237 e. The van der Waals surface area contributed by atoms with Gasteiger partial charge in [-0.25, -0.2) is 4.98 Å². The van der Waals surface area contributed by atoms with E-state index in [9.17, 15) is 0 Å². The number of aromatic nitrogens is 5. The van der Waals surface area contributed by atoms with Crippen molar-refractivity contribution >= 4 is 11.8 Å². The zero-order valence-corrected chi connectivity index (χ0v) is 14.7. The number of hydrogen-bond acceptors (Lipinski definition) is 7. The van der Waals surface area contributed by atoms with E-state index in [0.29, 0.717) is 22.6 Å². The molecule has 8 heteroatoms. The Balaban J connectivity index is 1.43. The van der Waals surface area contributed by atoms with Gasteiger partial charge in [-0.3, -0.25) is 5.10 Å². The third-order valence-electron chi connectivity index (χ3n) is 3.63. The van der Waals surface area contributed by atoms with Crippen molar-refractivity contribution < 1.29 is 9.26 Å².